The first-order valence-electron chi connectivity index (χ1n) is 5.89. The standard InChI is InChI=1S/C15H21/c1-3-5-7-9-15-12-10-14(11-13-15)8-6-4-2/h4,6,10-13H,2-3,5,7-9H2,1H3. The Labute approximate surface area is 94.0 Å². The van der Waals surface area contributed by atoms with Crippen molar-refractivity contribution in [2.45, 2.75) is 39.0 Å². The largest absolute Gasteiger partial charge is 0.0879 e. The summed E-state index contributed by atoms with van der Waals surface area (Å²) in [5, 5.41) is 0. The maximum absolute atomic E-state index is 3.69. The van der Waals surface area contributed by atoms with Gasteiger partial charge < -0.3 is 0 Å². The molecular formula is C15H21. The van der Waals surface area contributed by atoms with Crippen LogP contribution < -0.4 is 0 Å². The quantitative estimate of drug-likeness (QED) is 0.600. The van der Waals surface area contributed by atoms with Gasteiger partial charge in [0.15, 0.2) is 0 Å². The number of allylic oxidation sites excluding steroid dienone is 2. The van der Waals surface area contributed by atoms with Gasteiger partial charge in [0.1, 0.15) is 0 Å². The summed E-state index contributed by atoms with van der Waals surface area (Å²) in [5.74, 6) is 0. The maximum Gasteiger partial charge on any atom is -0.00975 e. The fourth-order valence-corrected chi connectivity index (χ4v) is 1.64. The van der Waals surface area contributed by atoms with Crippen molar-refractivity contribution in [3.05, 3.63) is 54.5 Å². The summed E-state index contributed by atoms with van der Waals surface area (Å²) in [6, 6.07) is 8.95. The van der Waals surface area contributed by atoms with Gasteiger partial charge in [0.2, 0.25) is 0 Å². The highest BCUT2D eigenvalue weighted by atomic mass is 14.0. The van der Waals surface area contributed by atoms with Crippen LogP contribution in [-0.4, -0.2) is 0 Å². The summed E-state index contributed by atoms with van der Waals surface area (Å²) in [6.07, 6.45) is 10.1. The molecule has 0 aliphatic carbocycles. The van der Waals surface area contributed by atoms with E-state index >= 15 is 0 Å². The number of hydrogen-bond acceptors (Lipinski definition) is 0. The molecule has 0 amide bonds. The molecule has 0 nitrogen and oxygen atoms in total. The topological polar surface area (TPSA) is 0 Å². The van der Waals surface area contributed by atoms with E-state index < -0.39 is 0 Å². The summed E-state index contributed by atoms with van der Waals surface area (Å²) >= 11 is 0. The lowest BCUT2D eigenvalue weighted by Gasteiger charge is -2.02. The smallest absolute Gasteiger partial charge is 0.00975 e. The van der Waals surface area contributed by atoms with Gasteiger partial charge in [-0.25, -0.2) is 0 Å². The molecule has 0 heterocycles. The molecule has 1 radical (unpaired) electrons. The van der Waals surface area contributed by atoms with Crippen LogP contribution in [0.25, 0.3) is 0 Å². The van der Waals surface area contributed by atoms with Crippen LogP contribution in [0.4, 0.5) is 0 Å². The van der Waals surface area contributed by atoms with Crippen LogP contribution in [-0.2, 0) is 12.8 Å². The van der Waals surface area contributed by atoms with E-state index in [1.807, 2.05) is 6.08 Å². The van der Waals surface area contributed by atoms with Crippen molar-refractivity contribution in [2.75, 3.05) is 0 Å². The molecule has 1 aromatic carbocycles. The fraction of sp³-hybridized carbons (Fsp3) is 0.400. The molecule has 0 saturated heterocycles. The summed E-state index contributed by atoms with van der Waals surface area (Å²) in [5.41, 5.74) is 2.83. The molecule has 0 saturated carbocycles. The highest BCUT2D eigenvalue weighted by Crippen LogP contribution is 2.09. The highest BCUT2D eigenvalue weighted by molar-refractivity contribution is 5.24. The van der Waals surface area contributed by atoms with Gasteiger partial charge in [0.25, 0.3) is 0 Å². The van der Waals surface area contributed by atoms with Crippen LogP contribution in [0.2, 0.25) is 0 Å². The molecule has 0 unspecified atom stereocenters. The van der Waals surface area contributed by atoms with Gasteiger partial charge in [0.05, 0.1) is 0 Å². The zero-order chi connectivity index (χ0) is 10.9. The van der Waals surface area contributed by atoms with Gasteiger partial charge >= 0.3 is 0 Å². The molecule has 1 aromatic rings. The average molecular weight is 201 g/mol. The maximum atomic E-state index is 3.69. The minimum atomic E-state index is 0.999. The van der Waals surface area contributed by atoms with E-state index in [4.69, 9.17) is 0 Å². The first-order valence-corrected chi connectivity index (χ1v) is 5.89. The molecule has 0 atom stereocenters. The Bertz CT molecular complexity index is 279. The molecule has 0 heteroatoms. The minimum absolute atomic E-state index is 0.999. The number of hydrogen-bond donors (Lipinski definition) is 0. The van der Waals surface area contributed by atoms with E-state index in [1.165, 1.54) is 36.8 Å². The Balaban J connectivity index is 2.41. The summed E-state index contributed by atoms with van der Waals surface area (Å²) < 4.78 is 0. The number of benzene rings is 1. The predicted octanol–water partition coefficient (Wildman–Crippen LogP) is 4.35. The van der Waals surface area contributed by atoms with E-state index in [9.17, 15) is 0 Å². The third-order valence-electron chi connectivity index (χ3n) is 2.61. The van der Waals surface area contributed by atoms with Gasteiger partial charge in [-0.05, 0) is 37.3 Å². The molecule has 0 aromatic heterocycles. The Hall–Kier alpha value is -1.04. The molecule has 0 aliphatic rings. The molecule has 15 heavy (non-hydrogen) atoms. The predicted molar refractivity (Wildman–Crippen MR) is 67.9 cm³/mol. The molecule has 81 valence electrons. The second kappa shape index (κ2) is 7.28. The van der Waals surface area contributed by atoms with E-state index in [1.54, 1.807) is 0 Å². The average Bonchev–Trinajstić information content (AvgIpc) is 2.28. The van der Waals surface area contributed by atoms with Crippen molar-refractivity contribution in [1.82, 2.24) is 0 Å². The number of rotatable bonds is 6. The number of aryl methyl sites for hydroxylation is 1. The van der Waals surface area contributed by atoms with Crippen LogP contribution in [0, 0.1) is 6.92 Å². The zero-order valence-electron chi connectivity index (χ0n) is 9.71. The van der Waals surface area contributed by atoms with Crippen LogP contribution in [0.15, 0.2) is 36.4 Å². The highest BCUT2D eigenvalue weighted by Gasteiger charge is 1.93. The summed E-state index contributed by atoms with van der Waals surface area (Å²) in [4.78, 5) is 0. The molecule has 0 bridgehead atoms. The van der Waals surface area contributed by atoms with Gasteiger partial charge in [0, 0.05) is 0 Å². The van der Waals surface area contributed by atoms with Gasteiger partial charge in [-0.3, -0.25) is 0 Å². The van der Waals surface area contributed by atoms with E-state index in [0.29, 0.717) is 0 Å². The van der Waals surface area contributed by atoms with Crippen LogP contribution >= 0.6 is 0 Å². The normalized spacial score (nSPS) is 11.1. The molecule has 0 spiro atoms. The second-order valence-corrected chi connectivity index (χ2v) is 3.95. The molecule has 0 fully saturated rings. The second-order valence-electron chi connectivity index (χ2n) is 3.95. The monoisotopic (exact) mass is 201 g/mol. The molecule has 0 aliphatic heterocycles. The van der Waals surface area contributed by atoms with E-state index in [-0.39, 0.29) is 0 Å². The van der Waals surface area contributed by atoms with Gasteiger partial charge in [-0.1, -0.05) is 56.2 Å². The number of unbranched alkanes of at least 4 members (excludes halogenated alkanes) is 2. The Kier molecular flexibility index (Phi) is 5.84. The Morgan fingerprint density at radius 1 is 1.07 bits per heavy atom. The zero-order valence-corrected chi connectivity index (χ0v) is 9.71. The van der Waals surface area contributed by atoms with Crippen molar-refractivity contribution in [3.63, 3.8) is 0 Å². The lowest BCUT2D eigenvalue weighted by Crippen LogP contribution is -1.87. The van der Waals surface area contributed by atoms with Crippen LogP contribution in [0.1, 0.15) is 37.3 Å². The van der Waals surface area contributed by atoms with Crippen LogP contribution in [0.3, 0.4) is 0 Å². The van der Waals surface area contributed by atoms with E-state index in [0.717, 1.165) is 6.42 Å². The fourth-order valence-electron chi connectivity index (χ4n) is 1.64. The molecule has 1 rings (SSSR count). The van der Waals surface area contributed by atoms with Crippen LogP contribution in [0.5, 0.6) is 0 Å². The first kappa shape index (κ1) is 12.0. The van der Waals surface area contributed by atoms with Crippen molar-refractivity contribution in [3.8, 4) is 0 Å². The third-order valence-corrected chi connectivity index (χ3v) is 2.61. The SMILES string of the molecule is [CH2]C=CCc1ccc(CCCCC)cc1. The minimum Gasteiger partial charge on any atom is -0.0879 e. The summed E-state index contributed by atoms with van der Waals surface area (Å²) in [6.45, 7) is 5.93. The third kappa shape index (κ3) is 4.83. The summed E-state index contributed by atoms with van der Waals surface area (Å²) in [7, 11) is 0. The van der Waals surface area contributed by atoms with Crippen molar-refractivity contribution in [2.24, 2.45) is 0 Å². The van der Waals surface area contributed by atoms with Crippen molar-refractivity contribution >= 4 is 0 Å². The lowest BCUT2D eigenvalue weighted by molar-refractivity contribution is 0.717. The Morgan fingerprint density at radius 2 is 1.73 bits per heavy atom. The van der Waals surface area contributed by atoms with Crippen molar-refractivity contribution < 1.29 is 0 Å². The molecular weight excluding hydrogens is 180 g/mol. The first-order chi connectivity index (χ1) is 7.36. The van der Waals surface area contributed by atoms with Gasteiger partial charge in [-0.2, -0.15) is 0 Å². The lowest BCUT2D eigenvalue weighted by atomic mass is 10.0. The van der Waals surface area contributed by atoms with Gasteiger partial charge in [-0.15, -0.1) is 0 Å². The van der Waals surface area contributed by atoms with E-state index in [2.05, 4.69) is 44.2 Å². The molecule has 0 N–H and O–H groups in total. The van der Waals surface area contributed by atoms with Crippen molar-refractivity contribution in [1.29, 1.82) is 0 Å². The Morgan fingerprint density at radius 3 is 2.33 bits per heavy atom.